The highest BCUT2D eigenvalue weighted by Gasteiger charge is 2.18. The number of rotatable bonds is 6. The lowest BCUT2D eigenvalue weighted by atomic mass is 10.1. The van der Waals surface area contributed by atoms with Crippen molar-refractivity contribution in [2.75, 3.05) is 5.33 Å². The summed E-state index contributed by atoms with van der Waals surface area (Å²) in [7, 11) is -3.37. The summed E-state index contributed by atoms with van der Waals surface area (Å²) in [6, 6.07) is 18.4. The molecule has 0 spiro atoms. The van der Waals surface area contributed by atoms with Gasteiger partial charge in [0.1, 0.15) is 0 Å². The molecule has 0 aliphatic rings. The maximum Gasteiger partial charge on any atom is 0.216 e. The van der Waals surface area contributed by atoms with Gasteiger partial charge >= 0.3 is 0 Å². The van der Waals surface area contributed by atoms with Crippen LogP contribution in [0.2, 0.25) is 0 Å². The van der Waals surface area contributed by atoms with Gasteiger partial charge in [-0.15, -0.1) is 0 Å². The van der Waals surface area contributed by atoms with Crippen molar-refractivity contribution in [3.63, 3.8) is 0 Å². The van der Waals surface area contributed by atoms with Crippen molar-refractivity contribution in [2.24, 2.45) is 0 Å². The SMILES string of the molecule is O=S(=O)(Cc1ccccc1)NC(CBr)c1ccccc1. The molecule has 20 heavy (non-hydrogen) atoms. The van der Waals surface area contributed by atoms with Gasteiger partial charge < -0.3 is 0 Å². The van der Waals surface area contributed by atoms with E-state index in [4.69, 9.17) is 0 Å². The Balaban J connectivity index is 2.11. The van der Waals surface area contributed by atoms with Crippen molar-refractivity contribution in [2.45, 2.75) is 11.8 Å². The Morgan fingerprint density at radius 3 is 2.05 bits per heavy atom. The Hall–Kier alpha value is -1.17. The highest BCUT2D eigenvalue weighted by atomic mass is 79.9. The smallest absolute Gasteiger partial charge is 0.212 e. The second-order valence-corrected chi connectivity index (χ2v) is 6.88. The van der Waals surface area contributed by atoms with Crippen molar-refractivity contribution in [3.05, 3.63) is 71.8 Å². The van der Waals surface area contributed by atoms with Gasteiger partial charge in [-0.25, -0.2) is 13.1 Å². The van der Waals surface area contributed by atoms with Gasteiger partial charge in [0.25, 0.3) is 0 Å². The Morgan fingerprint density at radius 1 is 0.950 bits per heavy atom. The first kappa shape index (κ1) is 15.2. The van der Waals surface area contributed by atoms with E-state index in [0.29, 0.717) is 5.33 Å². The zero-order valence-corrected chi connectivity index (χ0v) is 13.3. The standard InChI is InChI=1S/C15H16BrNO2S/c16-11-15(14-9-5-2-6-10-14)17-20(18,19)12-13-7-3-1-4-8-13/h1-10,15,17H,11-12H2. The van der Waals surface area contributed by atoms with Crippen molar-refractivity contribution >= 4 is 26.0 Å². The molecule has 2 aromatic rings. The van der Waals surface area contributed by atoms with Gasteiger partial charge in [0.05, 0.1) is 11.8 Å². The third-order valence-corrected chi connectivity index (χ3v) is 4.88. The van der Waals surface area contributed by atoms with E-state index in [-0.39, 0.29) is 11.8 Å². The van der Waals surface area contributed by atoms with Gasteiger partial charge in [0.15, 0.2) is 0 Å². The first-order valence-corrected chi connectivity index (χ1v) is 9.03. The summed E-state index contributed by atoms with van der Waals surface area (Å²) in [5.74, 6) is -0.00975. The summed E-state index contributed by atoms with van der Waals surface area (Å²) in [4.78, 5) is 0. The average molecular weight is 354 g/mol. The molecule has 0 saturated carbocycles. The highest BCUT2D eigenvalue weighted by molar-refractivity contribution is 9.09. The monoisotopic (exact) mass is 353 g/mol. The third kappa shape index (κ3) is 4.44. The lowest BCUT2D eigenvalue weighted by molar-refractivity contribution is 0.568. The molecule has 0 heterocycles. The number of sulfonamides is 1. The van der Waals surface area contributed by atoms with Crippen LogP contribution in [0.4, 0.5) is 0 Å². The van der Waals surface area contributed by atoms with E-state index in [2.05, 4.69) is 20.7 Å². The minimum Gasteiger partial charge on any atom is -0.212 e. The predicted molar refractivity (Wildman–Crippen MR) is 85.2 cm³/mol. The molecule has 1 atom stereocenters. The van der Waals surface area contributed by atoms with Gasteiger partial charge in [-0.2, -0.15) is 0 Å². The Morgan fingerprint density at radius 2 is 1.50 bits per heavy atom. The molecule has 3 nitrogen and oxygen atoms in total. The van der Waals surface area contributed by atoms with Crippen LogP contribution in [0.5, 0.6) is 0 Å². The van der Waals surface area contributed by atoms with Crippen molar-refractivity contribution in [1.82, 2.24) is 4.72 Å². The lowest BCUT2D eigenvalue weighted by Gasteiger charge is -2.16. The van der Waals surface area contributed by atoms with E-state index in [1.54, 1.807) is 0 Å². The maximum absolute atomic E-state index is 12.2. The second-order valence-electron chi connectivity index (χ2n) is 4.48. The molecule has 106 valence electrons. The number of halogens is 1. The average Bonchev–Trinajstić information content (AvgIpc) is 2.46. The van der Waals surface area contributed by atoms with Gasteiger partial charge in [-0.3, -0.25) is 0 Å². The molecule has 2 rings (SSSR count). The lowest BCUT2D eigenvalue weighted by Crippen LogP contribution is -2.30. The molecule has 1 N–H and O–H groups in total. The summed E-state index contributed by atoms with van der Waals surface area (Å²) < 4.78 is 27.2. The van der Waals surface area contributed by atoms with Gasteiger partial charge in [-0.05, 0) is 11.1 Å². The molecule has 0 radical (unpaired) electrons. The number of alkyl halides is 1. The Labute approximate surface area is 128 Å². The van der Waals surface area contributed by atoms with E-state index >= 15 is 0 Å². The number of benzene rings is 2. The molecule has 0 bridgehead atoms. The minimum atomic E-state index is -3.37. The van der Waals surface area contributed by atoms with Crippen LogP contribution in [0, 0.1) is 0 Å². The highest BCUT2D eigenvalue weighted by Crippen LogP contribution is 2.17. The fourth-order valence-electron chi connectivity index (χ4n) is 1.93. The molecular weight excluding hydrogens is 338 g/mol. The van der Waals surface area contributed by atoms with Crippen molar-refractivity contribution < 1.29 is 8.42 Å². The molecule has 0 fully saturated rings. The van der Waals surface area contributed by atoms with Crippen molar-refractivity contribution in [1.29, 1.82) is 0 Å². The van der Waals surface area contributed by atoms with E-state index in [0.717, 1.165) is 11.1 Å². The number of hydrogen-bond acceptors (Lipinski definition) is 2. The first-order chi connectivity index (χ1) is 9.61. The Kier molecular flexibility index (Phi) is 5.34. The normalized spacial score (nSPS) is 13.1. The van der Waals surface area contributed by atoms with Gasteiger partial charge in [0, 0.05) is 5.33 Å². The topological polar surface area (TPSA) is 46.2 Å². The summed E-state index contributed by atoms with van der Waals surface area (Å²) in [6.45, 7) is 0. The van der Waals surface area contributed by atoms with E-state index in [1.165, 1.54) is 0 Å². The zero-order valence-electron chi connectivity index (χ0n) is 10.9. The third-order valence-electron chi connectivity index (χ3n) is 2.88. The molecule has 1 unspecified atom stereocenters. The van der Waals surface area contributed by atoms with Crippen LogP contribution in [-0.2, 0) is 15.8 Å². The molecular formula is C15H16BrNO2S. The van der Waals surface area contributed by atoms with Crippen LogP contribution in [0.1, 0.15) is 17.2 Å². The molecule has 0 saturated heterocycles. The first-order valence-electron chi connectivity index (χ1n) is 6.25. The van der Waals surface area contributed by atoms with Gasteiger partial charge in [-0.1, -0.05) is 76.6 Å². The molecule has 0 aliphatic carbocycles. The van der Waals surface area contributed by atoms with Crippen LogP contribution in [0.15, 0.2) is 60.7 Å². The fourth-order valence-corrected chi connectivity index (χ4v) is 4.04. The van der Waals surface area contributed by atoms with E-state index < -0.39 is 10.0 Å². The quantitative estimate of drug-likeness (QED) is 0.810. The molecule has 0 aromatic heterocycles. The summed E-state index contributed by atoms with van der Waals surface area (Å²) in [6.07, 6.45) is 0. The van der Waals surface area contributed by atoms with Crippen LogP contribution in [0.25, 0.3) is 0 Å². The van der Waals surface area contributed by atoms with Crippen LogP contribution in [-0.4, -0.2) is 13.7 Å². The zero-order chi connectivity index (χ0) is 14.4. The molecule has 0 aliphatic heterocycles. The van der Waals surface area contributed by atoms with Crippen LogP contribution in [0.3, 0.4) is 0 Å². The summed E-state index contributed by atoms with van der Waals surface area (Å²) in [5, 5.41) is 0.533. The van der Waals surface area contributed by atoms with Crippen LogP contribution >= 0.6 is 15.9 Å². The van der Waals surface area contributed by atoms with E-state index in [9.17, 15) is 8.42 Å². The van der Waals surface area contributed by atoms with Crippen LogP contribution < -0.4 is 4.72 Å². The fraction of sp³-hybridized carbons (Fsp3) is 0.200. The second kappa shape index (κ2) is 7.02. The minimum absolute atomic E-state index is 0.00975. The number of nitrogens with one attached hydrogen (secondary N) is 1. The molecule has 0 amide bonds. The summed E-state index contributed by atoms with van der Waals surface area (Å²) >= 11 is 3.36. The predicted octanol–water partition coefficient (Wildman–Crippen LogP) is 3.24. The van der Waals surface area contributed by atoms with Crippen molar-refractivity contribution in [3.8, 4) is 0 Å². The molecule has 5 heteroatoms. The molecule has 2 aromatic carbocycles. The largest absolute Gasteiger partial charge is 0.216 e. The van der Waals surface area contributed by atoms with Gasteiger partial charge in [0.2, 0.25) is 10.0 Å². The Bertz CT molecular complexity index is 629. The number of hydrogen-bond donors (Lipinski definition) is 1. The summed E-state index contributed by atoms with van der Waals surface area (Å²) in [5.41, 5.74) is 1.72. The van der Waals surface area contributed by atoms with E-state index in [1.807, 2.05) is 60.7 Å². The maximum atomic E-state index is 12.2.